The summed E-state index contributed by atoms with van der Waals surface area (Å²) < 4.78 is 15.4. The highest BCUT2D eigenvalue weighted by Gasteiger charge is 2.18. The van der Waals surface area contributed by atoms with Crippen molar-refractivity contribution in [3.63, 3.8) is 0 Å². The van der Waals surface area contributed by atoms with E-state index in [2.05, 4.69) is 15.0 Å². The molecule has 2 unspecified atom stereocenters. The Hall–Kier alpha value is -1.70. The molecule has 2 N–H and O–H groups in total. The first kappa shape index (κ1) is 13.4. The fraction of sp³-hybridized carbons (Fsp3) is 0.444. The van der Waals surface area contributed by atoms with E-state index in [1.165, 1.54) is 6.26 Å². The SMILES string of the molecule is CC(CS(C)=O)NC(=O)c1cc(C(=O)O)on1. The first-order valence-electron chi connectivity index (χ1n) is 4.71. The number of nitrogens with one attached hydrogen (secondary N) is 1. The third kappa shape index (κ3) is 3.99. The summed E-state index contributed by atoms with van der Waals surface area (Å²) in [5.41, 5.74) is -0.115. The van der Waals surface area contributed by atoms with Gasteiger partial charge in [-0.3, -0.25) is 9.00 Å². The van der Waals surface area contributed by atoms with Crippen molar-refractivity contribution >= 4 is 22.7 Å². The van der Waals surface area contributed by atoms with Gasteiger partial charge in [-0.05, 0) is 6.92 Å². The topological polar surface area (TPSA) is 110 Å². The van der Waals surface area contributed by atoms with Gasteiger partial charge in [0.2, 0.25) is 5.76 Å². The lowest BCUT2D eigenvalue weighted by Gasteiger charge is -2.10. The Morgan fingerprint density at radius 1 is 1.65 bits per heavy atom. The molecule has 2 atom stereocenters. The Kier molecular flexibility index (Phi) is 4.38. The van der Waals surface area contributed by atoms with Crippen molar-refractivity contribution in [1.82, 2.24) is 10.5 Å². The summed E-state index contributed by atoms with van der Waals surface area (Å²) in [4.78, 5) is 22.0. The Bertz CT molecular complexity index is 456. The van der Waals surface area contributed by atoms with E-state index in [4.69, 9.17) is 5.11 Å². The third-order valence-electron chi connectivity index (χ3n) is 1.82. The van der Waals surface area contributed by atoms with Crippen LogP contribution in [0.25, 0.3) is 0 Å². The molecular formula is C9H12N2O5S. The molecule has 1 aromatic rings. The molecule has 94 valence electrons. The molecular weight excluding hydrogens is 248 g/mol. The number of carboxylic acids is 1. The van der Waals surface area contributed by atoms with E-state index < -0.39 is 28.4 Å². The van der Waals surface area contributed by atoms with Gasteiger partial charge in [-0.1, -0.05) is 5.16 Å². The van der Waals surface area contributed by atoms with Crippen molar-refractivity contribution in [3.8, 4) is 0 Å². The zero-order valence-corrected chi connectivity index (χ0v) is 10.1. The van der Waals surface area contributed by atoms with Crippen molar-refractivity contribution in [2.75, 3.05) is 12.0 Å². The van der Waals surface area contributed by atoms with Crippen LogP contribution in [-0.2, 0) is 10.8 Å². The predicted molar refractivity (Wildman–Crippen MR) is 59.3 cm³/mol. The van der Waals surface area contributed by atoms with E-state index in [1.807, 2.05) is 0 Å². The zero-order valence-electron chi connectivity index (χ0n) is 9.30. The van der Waals surface area contributed by atoms with E-state index in [-0.39, 0.29) is 11.7 Å². The molecule has 0 bridgehead atoms. The molecule has 0 spiro atoms. The number of aromatic nitrogens is 1. The number of carbonyl (C=O) groups excluding carboxylic acids is 1. The molecule has 7 nitrogen and oxygen atoms in total. The second-order valence-corrected chi connectivity index (χ2v) is 4.98. The molecule has 1 rings (SSSR count). The summed E-state index contributed by atoms with van der Waals surface area (Å²) in [6, 6.07) is 0.742. The van der Waals surface area contributed by atoms with Crippen LogP contribution in [0.2, 0.25) is 0 Å². The van der Waals surface area contributed by atoms with Gasteiger partial charge in [-0.15, -0.1) is 0 Å². The number of nitrogens with zero attached hydrogens (tertiary/aromatic N) is 1. The number of carboxylic acid groups (broad SMARTS) is 1. The maximum absolute atomic E-state index is 11.5. The quantitative estimate of drug-likeness (QED) is 0.763. The van der Waals surface area contributed by atoms with Gasteiger partial charge in [-0.2, -0.15) is 0 Å². The van der Waals surface area contributed by atoms with Crippen LogP contribution < -0.4 is 5.32 Å². The van der Waals surface area contributed by atoms with E-state index in [0.717, 1.165) is 6.07 Å². The molecule has 0 aliphatic rings. The normalized spacial score (nSPS) is 14.0. The highest BCUT2D eigenvalue weighted by atomic mass is 32.2. The minimum atomic E-state index is -1.29. The molecule has 0 aliphatic heterocycles. The van der Waals surface area contributed by atoms with Gasteiger partial charge in [0, 0.05) is 34.9 Å². The largest absolute Gasteiger partial charge is 0.475 e. The van der Waals surface area contributed by atoms with E-state index in [0.29, 0.717) is 5.75 Å². The lowest BCUT2D eigenvalue weighted by atomic mass is 10.3. The number of carbonyl (C=O) groups is 2. The second kappa shape index (κ2) is 5.58. The van der Waals surface area contributed by atoms with Gasteiger partial charge < -0.3 is 14.9 Å². The summed E-state index contributed by atoms with van der Waals surface area (Å²) in [6.07, 6.45) is 1.53. The maximum Gasteiger partial charge on any atom is 0.374 e. The van der Waals surface area contributed by atoms with Crippen molar-refractivity contribution < 1.29 is 23.4 Å². The highest BCUT2D eigenvalue weighted by molar-refractivity contribution is 7.84. The predicted octanol–water partition coefficient (Wildman–Crippen LogP) is -0.130. The van der Waals surface area contributed by atoms with Crippen LogP contribution in [0.5, 0.6) is 0 Å². The van der Waals surface area contributed by atoms with Crippen LogP contribution in [0.4, 0.5) is 0 Å². The average Bonchev–Trinajstić information content (AvgIpc) is 2.64. The minimum Gasteiger partial charge on any atom is -0.475 e. The summed E-state index contributed by atoms with van der Waals surface area (Å²) in [7, 11) is -1.02. The van der Waals surface area contributed by atoms with Gasteiger partial charge in [0.15, 0.2) is 5.69 Å². The van der Waals surface area contributed by atoms with E-state index in [1.54, 1.807) is 6.92 Å². The smallest absolute Gasteiger partial charge is 0.374 e. The number of aromatic carboxylic acids is 1. The molecule has 1 amide bonds. The van der Waals surface area contributed by atoms with Gasteiger partial charge in [0.25, 0.3) is 5.91 Å². The Balaban J connectivity index is 2.63. The monoisotopic (exact) mass is 260 g/mol. The number of rotatable bonds is 5. The van der Waals surface area contributed by atoms with Crippen LogP contribution in [0, 0.1) is 0 Å². The Labute approximate surface area is 99.6 Å². The lowest BCUT2D eigenvalue weighted by molar-refractivity contribution is 0.0651. The van der Waals surface area contributed by atoms with Crippen molar-refractivity contribution in [2.24, 2.45) is 0 Å². The summed E-state index contributed by atoms with van der Waals surface area (Å²) in [5.74, 6) is -1.93. The first-order chi connectivity index (χ1) is 7.90. The fourth-order valence-corrected chi connectivity index (χ4v) is 1.96. The molecule has 8 heteroatoms. The molecule has 1 heterocycles. The van der Waals surface area contributed by atoms with Gasteiger partial charge in [-0.25, -0.2) is 4.79 Å². The van der Waals surface area contributed by atoms with Crippen LogP contribution in [0.15, 0.2) is 10.6 Å². The summed E-state index contributed by atoms with van der Waals surface area (Å²) in [5, 5.41) is 14.4. The lowest BCUT2D eigenvalue weighted by Crippen LogP contribution is -2.36. The second-order valence-electron chi connectivity index (χ2n) is 3.50. The highest BCUT2D eigenvalue weighted by Crippen LogP contribution is 2.03. The molecule has 0 saturated carbocycles. The molecule has 0 aromatic carbocycles. The Morgan fingerprint density at radius 3 is 2.76 bits per heavy atom. The van der Waals surface area contributed by atoms with Crippen LogP contribution >= 0.6 is 0 Å². The number of amides is 1. The molecule has 0 radical (unpaired) electrons. The zero-order chi connectivity index (χ0) is 13.0. The van der Waals surface area contributed by atoms with Gasteiger partial charge >= 0.3 is 5.97 Å². The number of hydrogen-bond acceptors (Lipinski definition) is 5. The van der Waals surface area contributed by atoms with Gasteiger partial charge in [0.1, 0.15) is 0 Å². The molecule has 0 aliphatic carbocycles. The molecule has 17 heavy (non-hydrogen) atoms. The van der Waals surface area contributed by atoms with Crippen molar-refractivity contribution in [3.05, 3.63) is 17.5 Å². The Morgan fingerprint density at radius 2 is 2.29 bits per heavy atom. The molecule has 0 saturated heterocycles. The molecule has 1 aromatic heterocycles. The number of hydrogen-bond donors (Lipinski definition) is 2. The maximum atomic E-state index is 11.5. The van der Waals surface area contributed by atoms with Gasteiger partial charge in [0.05, 0.1) is 0 Å². The van der Waals surface area contributed by atoms with Crippen LogP contribution in [-0.4, -0.2) is 44.4 Å². The first-order valence-corrected chi connectivity index (χ1v) is 6.43. The van der Waals surface area contributed by atoms with E-state index in [9.17, 15) is 13.8 Å². The summed E-state index contributed by atoms with van der Waals surface area (Å²) in [6.45, 7) is 1.69. The standard InChI is InChI=1S/C9H12N2O5S/c1-5(4-17(2)15)10-8(12)6-3-7(9(13)14)16-11-6/h3,5H,4H2,1-2H3,(H,10,12)(H,13,14). The average molecular weight is 260 g/mol. The third-order valence-corrected chi connectivity index (χ3v) is 2.79. The van der Waals surface area contributed by atoms with Crippen LogP contribution in [0.1, 0.15) is 28.0 Å². The van der Waals surface area contributed by atoms with Crippen molar-refractivity contribution in [1.29, 1.82) is 0 Å². The summed E-state index contributed by atoms with van der Waals surface area (Å²) >= 11 is 0. The molecule has 0 fully saturated rings. The van der Waals surface area contributed by atoms with E-state index >= 15 is 0 Å². The van der Waals surface area contributed by atoms with Crippen molar-refractivity contribution in [2.45, 2.75) is 13.0 Å². The minimum absolute atomic E-state index is 0.115. The van der Waals surface area contributed by atoms with Crippen LogP contribution in [0.3, 0.4) is 0 Å². The fourth-order valence-electron chi connectivity index (χ4n) is 1.17.